The molecular formula is C22H25N3O4. The molecular weight excluding hydrogens is 370 g/mol. The molecule has 0 spiro atoms. The van der Waals surface area contributed by atoms with E-state index in [9.17, 15) is 9.59 Å². The summed E-state index contributed by atoms with van der Waals surface area (Å²) in [7, 11) is 0. The molecule has 2 heterocycles. The zero-order chi connectivity index (χ0) is 20.1. The van der Waals surface area contributed by atoms with Crippen LogP contribution in [0, 0.1) is 0 Å². The second kappa shape index (κ2) is 8.96. The van der Waals surface area contributed by atoms with Gasteiger partial charge in [0.1, 0.15) is 0 Å². The number of amides is 2. The van der Waals surface area contributed by atoms with Gasteiger partial charge >= 0.3 is 0 Å². The lowest BCUT2D eigenvalue weighted by molar-refractivity contribution is -0.123. The molecule has 2 aliphatic rings. The summed E-state index contributed by atoms with van der Waals surface area (Å²) in [4.78, 5) is 26.6. The summed E-state index contributed by atoms with van der Waals surface area (Å²) in [6, 6.07) is 15.0. The maximum absolute atomic E-state index is 12.4. The van der Waals surface area contributed by atoms with Crippen molar-refractivity contribution in [3.05, 3.63) is 59.7 Å². The maximum Gasteiger partial charge on any atom is 0.269 e. The standard InChI is InChI=1S/C22H25N3O4/c26-21(23-24-22(27)16-6-2-1-3-7-16)15-25-11-4-8-18(25)17-9-10-19-20(14-17)29-13-5-12-28-19/h1-3,6-7,9-10,14,18H,4-5,8,11-13,15H2,(H,23,26)(H,24,27)/t18-/m1/s1. The van der Waals surface area contributed by atoms with Gasteiger partial charge in [-0.1, -0.05) is 24.3 Å². The van der Waals surface area contributed by atoms with Crippen LogP contribution in [0.5, 0.6) is 11.5 Å². The second-order valence-electron chi connectivity index (χ2n) is 7.25. The topological polar surface area (TPSA) is 79.9 Å². The Balaban J connectivity index is 1.35. The number of hydrogen-bond donors (Lipinski definition) is 2. The molecule has 7 nitrogen and oxygen atoms in total. The van der Waals surface area contributed by atoms with E-state index >= 15 is 0 Å². The zero-order valence-electron chi connectivity index (χ0n) is 16.2. The molecule has 0 bridgehead atoms. The van der Waals surface area contributed by atoms with Crippen molar-refractivity contribution in [2.75, 3.05) is 26.3 Å². The van der Waals surface area contributed by atoms with Crippen LogP contribution in [-0.4, -0.2) is 43.0 Å². The minimum Gasteiger partial charge on any atom is -0.490 e. The molecule has 1 fully saturated rings. The Morgan fingerprint density at radius 1 is 0.966 bits per heavy atom. The Hall–Kier alpha value is -3.06. The minimum atomic E-state index is -0.333. The number of ether oxygens (including phenoxy) is 2. The van der Waals surface area contributed by atoms with Crippen LogP contribution >= 0.6 is 0 Å². The van der Waals surface area contributed by atoms with Crippen LogP contribution in [0.3, 0.4) is 0 Å². The van der Waals surface area contributed by atoms with Crippen molar-refractivity contribution in [2.24, 2.45) is 0 Å². The monoisotopic (exact) mass is 395 g/mol. The van der Waals surface area contributed by atoms with Gasteiger partial charge in [-0.15, -0.1) is 0 Å². The van der Waals surface area contributed by atoms with Gasteiger partial charge in [0.05, 0.1) is 19.8 Å². The van der Waals surface area contributed by atoms with Gasteiger partial charge in [0.25, 0.3) is 11.8 Å². The highest BCUT2D eigenvalue weighted by molar-refractivity contribution is 5.95. The van der Waals surface area contributed by atoms with Crippen molar-refractivity contribution in [2.45, 2.75) is 25.3 Å². The number of benzene rings is 2. The van der Waals surface area contributed by atoms with Crippen molar-refractivity contribution >= 4 is 11.8 Å². The third-order valence-corrected chi connectivity index (χ3v) is 5.22. The van der Waals surface area contributed by atoms with E-state index in [1.165, 1.54) is 0 Å². The molecule has 2 aliphatic heterocycles. The molecule has 4 rings (SSSR count). The van der Waals surface area contributed by atoms with E-state index in [0.717, 1.165) is 42.9 Å². The summed E-state index contributed by atoms with van der Waals surface area (Å²) < 4.78 is 11.5. The average Bonchev–Trinajstić information content (AvgIpc) is 3.07. The second-order valence-corrected chi connectivity index (χ2v) is 7.25. The Labute approximate surface area is 170 Å². The first-order valence-corrected chi connectivity index (χ1v) is 9.98. The molecule has 7 heteroatoms. The van der Waals surface area contributed by atoms with Gasteiger partial charge in [-0.2, -0.15) is 0 Å². The molecule has 1 saturated heterocycles. The molecule has 2 aromatic rings. The molecule has 0 unspecified atom stereocenters. The summed E-state index contributed by atoms with van der Waals surface area (Å²) in [5.41, 5.74) is 6.60. The molecule has 1 atom stereocenters. The van der Waals surface area contributed by atoms with Gasteiger partial charge in [-0.3, -0.25) is 25.3 Å². The number of nitrogens with one attached hydrogen (secondary N) is 2. The van der Waals surface area contributed by atoms with E-state index in [4.69, 9.17) is 9.47 Å². The SMILES string of the molecule is O=C(CN1CCC[C@@H]1c1ccc2c(c1)OCCCO2)NNC(=O)c1ccccc1. The molecule has 2 N–H and O–H groups in total. The number of nitrogens with zero attached hydrogens (tertiary/aromatic N) is 1. The largest absolute Gasteiger partial charge is 0.490 e. The third-order valence-electron chi connectivity index (χ3n) is 5.22. The number of hydrazine groups is 1. The summed E-state index contributed by atoms with van der Waals surface area (Å²) in [5, 5.41) is 0. The molecule has 0 radical (unpaired) electrons. The molecule has 0 aromatic heterocycles. The van der Waals surface area contributed by atoms with E-state index in [2.05, 4.69) is 15.8 Å². The van der Waals surface area contributed by atoms with Crippen LogP contribution < -0.4 is 20.3 Å². The van der Waals surface area contributed by atoms with Crippen LogP contribution in [0.1, 0.15) is 41.2 Å². The fourth-order valence-corrected chi connectivity index (χ4v) is 3.79. The van der Waals surface area contributed by atoms with Crippen LogP contribution in [-0.2, 0) is 4.79 Å². The first-order chi connectivity index (χ1) is 14.2. The minimum absolute atomic E-state index is 0.141. The van der Waals surface area contributed by atoms with Crippen molar-refractivity contribution in [1.82, 2.24) is 15.8 Å². The van der Waals surface area contributed by atoms with Crippen molar-refractivity contribution in [3.8, 4) is 11.5 Å². The van der Waals surface area contributed by atoms with Crippen molar-refractivity contribution in [1.29, 1.82) is 0 Å². The lowest BCUT2D eigenvalue weighted by atomic mass is 10.0. The van der Waals surface area contributed by atoms with Crippen molar-refractivity contribution in [3.63, 3.8) is 0 Å². The number of carbonyl (C=O) groups is 2. The molecule has 0 saturated carbocycles. The fraction of sp³-hybridized carbons (Fsp3) is 0.364. The number of carbonyl (C=O) groups excluding carboxylic acids is 2. The van der Waals surface area contributed by atoms with Crippen LogP contribution in [0.15, 0.2) is 48.5 Å². The molecule has 152 valence electrons. The Morgan fingerprint density at radius 3 is 2.59 bits per heavy atom. The van der Waals surface area contributed by atoms with Gasteiger partial charge in [0, 0.05) is 18.0 Å². The normalized spacial score (nSPS) is 18.7. The van der Waals surface area contributed by atoms with Gasteiger partial charge < -0.3 is 9.47 Å². The van der Waals surface area contributed by atoms with Gasteiger partial charge in [0.15, 0.2) is 11.5 Å². The van der Waals surface area contributed by atoms with E-state index in [-0.39, 0.29) is 24.4 Å². The smallest absolute Gasteiger partial charge is 0.269 e. The number of fused-ring (bicyclic) bond motifs is 1. The van der Waals surface area contributed by atoms with Crippen LogP contribution in [0.2, 0.25) is 0 Å². The maximum atomic E-state index is 12.4. The highest BCUT2D eigenvalue weighted by Gasteiger charge is 2.28. The van der Waals surface area contributed by atoms with Gasteiger partial charge in [0.2, 0.25) is 0 Å². The lowest BCUT2D eigenvalue weighted by Gasteiger charge is -2.25. The number of hydrogen-bond acceptors (Lipinski definition) is 5. The predicted molar refractivity (Wildman–Crippen MR) is 108 cm³/mol. The fourth-order valence-electron chi connectivity index (χ4n) is 3.79. The van der Waals surface area contributed by atoms with Crippen LogP contribution in [0.25, 0.3) is 0 Å². The van der Waals surface area contributed by atoms with E-state index in [0.29, 0.717) is 18.8 Å². The van der Waals surface area contributed by atoms with Crippen LogP contribution in [0.4, 0.5) is 0 Å². The van der Waals surface area contributed by atoms with E-state index < -0.39 is 0 Å². The van der Waals surface area contributed by atoms with E-state index in [1.54, 1.807) is 24.3 Å². The molecule has 2 amide bonds. The lowest BCUT2D eigenvalue weighted by Crippen LogP contribution is -2.46. The molecule has 0 aliphatic carbocycles. The Bertz CT molecular complexity index is 872. The summed E-state index contributed by atoms with van der Waals surface area (Å²) in [5.74, 6) is 0.971. The summed E-state index contributed by atoms with van der Waals surface area (Å²) in [6.45, 7) is 2.36. The number of rotatable bonds is 4. The first kappa shape index (κ1) is 19.3. The average molecular weight is 395 g/mol. The molecule has 29 heavy (non-hydrogen) atoms. The van der Waals surface area contributed by atoms with Crippen molar-refractivity contribution < 1.29 is 19.1 Å². The Morgan fingerprint density at radius 2 is 1.76 bits per heavy atom. The Kier molecular flexibility index (Phi) is 5.95. The summed E-state index contributed by atoms with van der Waals surface area (Å²) >= 11 is 0. The number of likely N-dealkylation sites (tertiary alicyclic amines) is 1. The first-order valence-electron chi connectivity index (χ1n) is 9.98. The molecule has 2 aromatic carbocycles. The van der Waals surface area contributed by atoms with Gasteiger partial charge in [-0.05, 0) is 49.2 Å². The summed E-state index contributed by atoms with van der Waals surface area (Å²) in [6.07, 6.45) is 2.86. The highest BCUT2D eigenvalue weighted by atomic mass is 16.5. The van der Waals surface area contributed by atoms with Gasteiger partial charge in [-0.25, -0.2) is 0 Å². The zero-order valence-corrected chi connectivity index (χ0v) is 16.2. The highest BCUT2D eigenvalue weighted by Crippen LogP contribution is 2.37. The van der Waals surface area contributed by atoms with E-state index in [1.807, 2.05) is 24.3 Å². The predicted octanol–water partition coefficient (Wildman–Crippen LogP) is 2.45. The third kappa shape index (κ3) is 4.68. The quantitative estimate of drug-likeness (QED) is 0.778.